The van der Waals surface area contributed by atoms with E-state index >= 15 is 0 Å². The van der Waals surface area contributed by atoms with Crippen LogP contribution in [0.4, 0.5) is 0 Å². The van der Waals surface area contributed by atoms with Gasteiger partial charge in [0.25, 0.3) is 0 Å². The van der Waals surface area contributed by atoms with Gasteiger partial charge in [0.05, 0.1) is 22.1 Å². The van der Waals surface area contributed by atoms with Gasteiger partial charge in [-0.05, 0) is 82.9 Å². The maximum Gasteiger partial charge on any atom is 0.238 e. The SMILES string of the molecule is c1ccc(-c2cccc(-c3cccc(-n4c5ccccc5c5ccc6c7ccccc7n(-c7nc(-c8ccccc8)nc(-c8ccc9oc(-c%10ccccc%10)nc9c8)n7)c6c54)c3)c2)cc1. The molecule has 4 aromatic heterocycles. The Kier molecular flexibility index (Phi) is 8.39. The molecule has 9 aromatic carbocycles. The molecular weight excluding hydrogens is 797 g/mol. The van der Waals surface area contributed by atoms with E-state index in [1.807, 2.05) is 78.9 Å². The molecule has 65 heavy (non-hydrogen) atoms. The molecule has 4 heterocycles. The largest absolute Gasteiger partial charge is 0.436 e. The molecule has 0 saturated heterocycles. The Bertz CT molecular complexity index is 3940. The Morgan fingerprint density at radius 2 is 0.846 bits per heavy atom. The maximum absolute atomic E-state index is 6.22. The first-order valence-corrected chi connectivity index (χ1v) is 21.7. The Morgan fingerprint density at radius 3 is 1.54 bits per heavy atom. The lowest BCUT2D eigenvalue weighted by atomic mass is 9.99. The summed E-state index contributed by atoms with van der Waals surface area (Å²) in [6, 6.07) is 76.0. The molecule has 0 N–H and O–H groups in total. The van der Waals surface area contributed by atoms with Gasteiger partial charge in [-0.3, -0.25) is 4.57 Å². The molecule has 0 spiro atoms. The van der Waals surface area contributed by atoms with E-state index in [0.717, 1.165) is 82.6 Å². The highest BCUT2D eigenvalue weighted by Crippen LogP contribution is 2.42. The molecule has 0 saturated carbocycles. The standard InChI is InChI=1S/C58H36N6O/c1-4-16-37(17-5-1)40-22-14-23-41(34-40)42-24-15-25-44(35-42)63-50-28-12-10-26-45(50)47-31-32-48-46-27-11-13-29-51(46)64(54(48)53(47)63)58-61-55(38-18-6-2-7-19-38)60-56(62-58)43-30-33-52-49(36-43)59-57(65-52)39-20-8-3-9-21-39/h1-36H. The molecular formula is C58H36N6O. The fraction of sp³-hybridized carbons (Fsp3) is 0. The van der Waals surface area contributed by atoms with Gasteiger partial charge >= 0.3 is 0 Å². The fourth-order valence-electron chi connectivity index (χ4n) is 9.39. The van der Waals surface area contributed by atoms with Gasteiger partial charge in [-0.15, -0.1) is 0 Å². The van der Waals surface area contributed by atoms with Crippen molar-refractivity contribution in [3.05, 3.63) is 218 Å². The lowest BCUT2D eigenvalue weighted by Gasteiger charge is -2.14. The zero-order chi connectivity index (χ0) is 42.8. The van der Waals surface area contributed by atoms with E-state index in [1.165, 1.54) is 11.1 Å². The van der Waals surface area contributed by atoms with Gasteiger partial charge < -0.3 is 8.98 Å². The lowest BCUT2D eigenvalue weighted by Crippen LogP contribution is -2.07. The number of fused-ring (bicyclic) bond motifs is 8. The summed E-state index contributed by atoms with van der Waals surface area (Å²) in [6.45, 7) is 0. The Balaban J connectivity index is 1.06. The van der Waals surface area contributed by atoms with Crippen molar-refractivity contribution in [2.24, 2.45) is 0 Å². The fourth-order valence-corrected chi connectivity index (χ4v) is 9.39. The van der Waals surface area contributed by atoms with Crippen LogP contribution in [0.25, 0.3) is 123 Å². The van der Waals surface area contributed by atoms with Crippen LogP contribution < -0.4 is 0 Å². The zero-order valence-electron chi connectivity index (χ0n) is 34.9. The lowest BCUT2D eigenvalue weighted by molar-refractivity contribution is 0.620. The van der Waals surface area contributed by atoms with Gasteiger partial charge in [-0.2, -0.15) is 9.97 Å². The normalized spacial score (nSPS) is 11.7. The Labute approximate surface area is 373 Å². The van der Waals surface area contributed by atoms with Gasteiger partial charge in [0.15, 0.2) is 17.2 Å². The molecule has 7 heteroatoms. The van der Waals surface area contributed by atoms with Crippen LogP contribution in [-0.4, -0.2) is 29.1 Å². The van der Waals surface area contributed by atoms with Crippen LogP contribution in [0, 0.1) is 0 Å². The summed E-state index contributed by atoms with van der Waals surface area (Å²) < 4.78 is 10.9. The smallest absolute Gasteiger partial charge is 0.238 e. The summed E-state index contributed by atoms with van der Waals surface area (Å²) in [7, 11) is 0. The van der Waals surface area contributed by atoms with Crippen molar-refractivity contribution in [1.82, 2.24) is 29.1 Å². The molecule has 0 amide bonds. The summed E-state index contributed by atoms with van der Waals surface area (Å²) in [6.07, 6.45) is 0. The number of nitrogens with zero attached hydrogens (tertiary/aromatic N) is 6. The molecule has 13 aromatic rings. The minimum Gasteiger partial charge on any atom is -0.436 e. The molecule has 0 unspecified atom stereocenters. The number of benzene rings is 9. The molecule has 7 nitrogen and oxygen atoms in total. The second-order valence-electron chi connectivity index (χ2n) is 16.3. The van der Waals surface area contributed by atoms with E-state index in [-0.39, 0.29) is 0 Å². The van der Waals surface area contributed by atoms with Gasteiger partial charge in [0.1, 0.15) is 5.52 Å². The number of rotatable bonds is 7. The molecule has 13 rings (SSSR count). The third-order valence-electron chi connectivity index (χ3n) is 12.4. The third-order valence-corrected chi connectivity index (χ3v) is 12.4. The average molecular weight is 833 g/mol. The van der Waals surface area contributed by atoms with Crippen molar-refractivity contribution < 1.29 is 4.42 Å². The van der Waals surface area contributed by atoms with E-state index < -0.39 is 0 Å². The molecule has 0 atom stereocenters. The van der Waals surface area contributed by atoms with Crippen molar-refractivity contribution in [2.45, 2.75) is 0 Å². The second kappa shape index (κ2) is 14.9. The van der Waals surface area contributed by atoms with Crippen LogP contribution in [0.2, 0.25) is 0 Å². The third kappa shape index (κ3) is 6.13. The van der Waals surface area contributed by atoms with Gasteiger partial charge in [-0.25, -0.2) is 9.97 Å². The van der Waals surface area contributed by atoms with Gasteiger partial charge in [0, 0.05) is 43.9 Å². The van der Waals surface area contributed by atoms with Gasteiger partial charge in [-0.1, -0.05) is 158 Å². The summed E-state index contributed by atoms with van der Waals surface area (Å²) in [5.74, 6) is 2.18. The van der Waals surface area contributed by atoms with E-state index in [0.29, 0.717) is 29.1 Å². The number of oxazole rings is 1. The maximum atomic E-state index is 6.22. The Morgan fingerprint density at radius 1 is 0.323 bits per heavy atom. The number of hydrogen-bond donors (Lipinski definition) is 0. The summed E-state index contributed by atoms with van der Waals surface area (Å²) in [4.78, 5) is 20.7. The van der Waals surface area contributed by atoms with Crippen molar-refractivity contribution in [1.29, 1.82) is 0 Å². The van der Waals surface area contributed by atoms with Crippen LogP contribution >= 0.6 is 0 Å². The van der Waals surface area contributed by atoms with E-state index in [9.17, 15) is 0 Å². The molecule has 0 radical (unpaired) electrons. The quantitative estimate of drug-likeness (QED) is 0.160. The highest BCUT2D eigenvalue weighted by Gasteiger charge is 2.24. The summed E-state index contributed by atoms with van der Waals surface area (Å²) in [5.41, 5.74) is 13.9. The predicted octanol–water partition coefficient (Wildman–Crippen LogP) is 14.5. The topological polar surface area (TPSA) is 74.6 Å². The minimum atomic E-state index is 0.515. The monoisotopic (exact) mass is 832 g/mol. The second-order valence-corrected chi connectivity index (χ2v) is 16.3. The predicted molar refractivity (Wildman–Crippen MR) is 263 cm³/mol. The molecule has 0 aliphatic rings. The summed E-state index contributed by atoms with van der Waals surface area (Å²) in [5, 5.41) is 4.50. The first kappa shape index (κ1) is 36.7. The van der Waals surface area contributed by atoms with E-state index in [4.69, 9.17) is 24.4 Å². The molecule has 304 valence electrons. The number of para-hydroxylation sites is 2. The van der Waals surface area contributed by atoms with Crippen LogP contribution in [0.5, 0.6) is 0 Å². The molecule has 0 aliphatic carbocycles. The minimum absolute atomic E-state index is 0.515. The van der Waals surface area contributed by atoms with E-state index in [2.05, 4.69) is 149 Å². The van der Waals surface area contributed by atoms with E-state index in [1.54, 1.807) is 0 Å². The highest BCUT2D eigenvalue weighted by atomic mass is 16.3. The van der Waals surface area contributed by atoms with Crippen LogP contribution in [0.3, 0.4) is 0 Å². The van der Waals surface area contributed by atoms with Crippen LogP contribution in [-0.2, 0) is 0 Å². The Hall–Kier alpha value is -8.94. The zero-order valence-corrected chi connectivity index (χ0v) is 34.9. The summed E-state index contributed by atoms with van der Waals surface area (Å²) >= 11 is 0. The molecule has 0 fully saturated rings. The van der Waals surface area contributed by atoms with Crippen LogP contribution in [0.15, 0.2) is 223 Å². The van der Waals surface area contributed by atoms with Crippen LogP contribution in [0.1, 0.15) is 0 Å². The highest BCUT2D eigenvalue weighted by molar-refractivity contribution is 6.23. The first-order valence-electron chi connectivity index (χ1n) is 21.7. The first-order chi connectivity index (χ1) is 32.2. The van der Waals surface area contributed by atoms with Crippen molar-refractivity contribution in [3.63, 3.8) is 0 Å². The number of hydrogen-bond acceptors (Lipinski definition) is 5. The molecule has 0 bridgehead atoms. The van der Waals surface area contributed by atoms with Crippen molar-refractivity contribution in [3.8, 4) is 68.1 Å². The van der Waals surface area contributed by atoms with Crippen molar-refractivity contribution >= 4 is 54.7 Å². The molecule has 0 aliphatic heterocycles. The average Bonchev–Trinajstić information content (AvgIpc) is 4.07. The number of aromatic nitrogens is 6. The van der Waals surface area contributed by atoms with Gasteiger partial charge in [0.2, 0.25) is 11.8 Å². The van der Waals surface area contributed by atoms with Crippen molar-refractivity contribution in [2.75, 3.05) is 0 Å².